The van der Waals surface area contributed by atoms with Gasteiger partial charge in [-0.3, -0.25) is 14.6 Å². The fourth-order valence-electron chi connectivity index (χ4n) is 3.37. The summed E-state index contributed by atoms with van der Waals surface area (Å²) in [4.78, 5) is 32.9. The maximum absolute atomic E-state index is 13.1. The van der Waals surface area contributed by atoms with E-state index in [2.05, 4.69) is 4.99 Å². The van der Waals surface area contributed by atoms with E-state index in [-0.39, 0.29) is 18.5 Å². The molecule has 25 heavy (non-hydrogen) atoms. The average molecular weight is 339 g/mol. The van der Waals surface area contributed by atoms with E-state index in [1.54, 1.807) is 11.6 Å². The third-order valence-electron chi connectivity index (χ3n) is 4.82. The number of imide groups is 1. The second-order valence-electron chi connectivity index (χ2n) is 6.52. The van der Waals surface area contributed by atoms with Crippen molar-refractivity contribution in [1.29, 1.82) is 0 Å². The number of hydrogen-bond donors (Lipinski definition) is 0. The Kier molecular flexibility index (Phi) is 3.28. The van der Waals surface area contributed by atoms with Crippen LogP contribution >= 0.6 is 0 Å². The predicted molar refractivity (Wildman–Crippen MR) is 89.4 cm³/mol. The van der Waals surface area contributed by atoms with Gasteiger partial charge in [-0.25, -0.2) is 4.79 Å². The fourth-order valence-corrected chi connectivity index (χ4v) is 3.37. The molecule has 2 aliphatic heterocycles. The van der Waals surface area contributed by atoms with E-state index in [0.717, 1.165) is 22.6 Å². The van der Waals surface area contributed by atoms with Crippen LogP contribution in [0.4, 0.5) is 10.8 Å². The summed E-state index contributed by atoms with van der Waals surface area (Å²) in [6.07, 6.45) is 0. The number of nitrogens with zero attached hydrogens (tertiary/aromatic N) is 4. The molecule has 0 bridgehead atoms. The monoisotopic (exact) mass is 339 g/mol. The molecule has 3 heterocycles. The Bertz CT molecular complexity index is 944. The zero-order chi connectivity index (χ0) is 17.9. The minimum atomic E-state index is -0.653. The Hall–Kier alpha value is -2.96. The zero-order valence-corrected chi connectivity index (χ0v) is 14.6. The van der Waals surface area contributed by atoms with Gasteiger partial charge >= 0.3 is 12.0 Å². The summed E-state index contributed by atoms with van der Waals surface area (Å²) >= 11 is 0. The lowest BCUT2D eigenvalue weighted by molar-refractivity contribution is -0.685. The number of urea groups is 1. The third kappa shape index (κ3) is 2.19. The highest BCUT2D eigenvalue weighted by Gasteiger charge is 2.55. The van der Waals surface area contributed by atoms with E-state index in [4.69, 9.17) is 4.42 Å². The van der Waals surface area contributed by atoms with Gasteiger partial charge in [-0.15, -0.1) is 0 Å². The predicted octanol–water partition coefficient (Wildman–Crippen LogP) is 2.17. The number of aliphatic imine (C=N–C) groups is 1. The van der Waals surface area contributed by atoms with Crippen molar-refractivity contribution in [2.75, 3.05) is 7.05 Å². The van der Waals surface area contributed by atoms with Gasteiger partial charge in [0.05, 0.1) is 6.54 Å². The normalized spacial score (nSPS) is 19.2. The van der Waals surface area contributed by atoms with Crippen molar-refractivity contribution in [2.45, 2.75) is 33.4 Å². The van der Waals surface area contributed by atoms with Crippen molar-refractivity contribution in [1.82, 2.24) is 9.80 Å². The van der Waals surface area contributed by atoms with Crippen LogP contribution in [-0.2, 0) is 11.3 Å². The Morgan fingerprint density at radius 3 is 2.72 bits per heavy atom. The number of benzene rings is 1. The van der Waals surface area contributed by atoms with Gasteiger partial charge in [0.25, 0.3) is 17.8 Å². The quantitative estimate of drug-likeness (QED) is 0.788. The summed E-state index contributed by atoms with van der Waals surface area (Å²) in [5.41, 5.74) is 2.84. The number of hydrogen-bond acceptors (Lipinski definition) is 4. The first kappa shape index (κ1) is 15.6. The maximum Gasteiger partial charge on any atom is 0.507 e. The first-order valence-corrected chi connectivity index (χ1v) is 8.13. The number of amidine groups is 1. The molecule has 0 spiro atoms. The first-order chi connectivity index (χ1) is 11.9. The van der Waals surface area contributed by atoms with E-state index in [0.29, 0.717) is 11.9 Å². The Morgan fingerprint density at radius 1 is 1.24 bits per heavy atom. The molecule has 0 saturated carbocycles. The summed E-state index contributed by atoms with van der Waals surface area (Å²) in [5, 5.41) is 0. The second-order valence-corrected chi connectivity index (χ2v) is 6.52. The largest absolute Gasteiger partial charge is 0.507 e. The Balaban J connectivity index is 1.74. The maximum atomic E-state index is 13.1. The molecule has 1 unspecified atom stereocenters. The molecular formula is C18H19N4O3+. The molecule has 3 amide bonds. The summed E-state index contributed by atoms with van der Waals surface area (Å²) in [7, 11) is 1.64. The number of oxazole rings is 1. The molecule has 7 nitrogen and oxygen atoms in total. The van der Waals surface area contributed by atoms with Gasteiger partial charge in [-0.2, -0.15) is 4.57 Å². The van der Waals surface area contributed by atoms with E-state index >= 15 is 0 Å². The molecule has 4 rings (SSSR count). The molecule has 1 aromatic heterocycles. The third-order valence-corrected chi connectivity index (χ3v) is 4.82. The first-order valence-electron chi connectivity index (χ1n) is 8.13. The molecule has 7 heteroatoms. The number of rotatable bonds is 2. The SMILES string of the molecule is Cc1cccc(CN2C(=O)C3C(=Nc4oc(C)c(C)[n+]43)N(C)C2=O)c1. The van der Waals surface area contributed by atoms with Gasteiger partial charge in [0.1, 0.15) is 5.69 Å². The summed E-state index contributed by atoms with van der Waals surface area (Å²) < 4.78 is 7.38. The van der Waals surface area contributed by atoms with Crippen LogP contribution in [0.3, 0.4) is 0 Å². The molecule has 0 N–H and O–H groups in total. The van der Waals surface area contributed by atoms with Gasteiger partial charge in [0.2, 0.25) is 0 Å². The van der Waals surface area contributed by atoms with Crippen molar-refractivity contribution in [3.8, 4) is 0 Å². The van der Waals surface area contributed by atoms with Crippen LogP contribution in [0.25, 0.3) is 0 Å². The van der Waals surface area contributed by atoms with Crippen LogP contribution < -0.4 is 4.57 Å². The minimum Gasteiger partial charge on any atom is -0.389 e. The molecule has 2 aliphatic rings. The molecule has 0 radical (unpaired) electrons. The number of aromatic nitrogens is 1. The summed E-state index contributed by atoms with van der Waals surface area (Å²) in [6, 6.07) is 7.13. The standard InChI is InChI=1S/C18H19N4O3/c1-10-6-5-7-13(8-10)9-21-16(23)14-15(20(4)18(21)24)19-17-22(14)11(2)12(3)25-17/h5-8,14H,9H2,1-4H3/q+1. The molecule has 128 valence electrons. The average Bonchev–Trinajstić information content (AvgIpc) is 3.07. The molecule has 1 fully saturated rings. The van der Waals surface area contributed by atoms with Crippen molar-refractivity contribution in [3.63, 3.8) is 0 Å². The van der Waals surface area contributed by atoms with Gasteiger partial charge in [0, 0.05) is 19.0 Å². The lowest BCUT2D eigenvalue weighted by Crippen LogP contribution is -2.63. The van der Waals surface area contributed by atoms with E-state index in [1.807, 2.05) is 45.0 Å². The molecule has 1 atom stereocenters. The minimum absolute atomic E-state index is 0.235. The summed E-state index contributed by atoms with van der Waals surface area (Å²) in [6.45, 7) is 5.94. The summed E-state index contributed by atoms with van der Waals surface area (Å²) in [5.74, 6) is 0.851. The molecule has 0 aliphatic carbocycles. The van der Waals surface area contributed by atoms with Gasteiger partial charge in [-0.1, -0.05) is 29.8 Å². The van der Waals surface area contributed by atoms with Crippen LogP contribution in [0, 0.1) is 20.8 Å². The lowest BCUT2D eigenvalue weighted by atomic mass is 10.1. The van der Waals surface area contributed by atoms with Crippen molar-refractivity contribution in [3.05, 3.63) is 46.8 Å². The van der Waals surface area contributed by atoms with Crippen LogP contribution in [0.2, 0.25) is 0 Å². The number of amides is 3. The fraction of sp³-hybridized carbons (Fsp3) is 0.333. The number of aryl methyl sites for hydroxylation is 2. The highest BCUT2D eigenvalue weighted by atomic mass is 16.4. The van der Waals surface area contributed by atoms with Gasteiger partial charge in [-0.05, 0) is 19.4 Å². The highest BCUT2D eigenvalue weighted by Crippen LogP contribution is 2.31. The molecule has 1 aromatic carbocycles. The van der Waals surface area contributed by atoms with Gasteiger partial charge in [0.15, 0.2) is 5.76 Å². The van der Waals surface area contributed by atoms with Crippen molar-refractivity contribution >= 4 is 23.8 Å². The van der Waals surface area contributed by atoms with Crippen LogP contribution in [0.1, 0.15) is 28.6 Å². The number of carbonyl (C=O) groups excluding carboxylic acids is 2. The van der Waals surface area contributed by atoms with Gasteiger partial charge < -0.3 is 4.42 Å². The molecule has 2 aromatic rings. The number of carbonyl (C=O) groups is 2. The topological polar surface area (TPSA) is 70.0 Å². The zero-order valence-electron chi connectivity index (χ0n) is 14.6. The number of fused-ring (bicyclic) bond motifs is 3. The van der Waals surface area contributed by atoms with Crippen molar-refractivity contribution < 1.29 is 18.6 Å². The van der Waals surface area contributed by atoms with E-state index < -0.39 is 6.04 Å². The second kappa shape index (κ2) is 5.27. The lowest BCUT2D eigenvalue weighted by Gasteiger charge is -2.32. The van der Waals surface area contributed by atoms with Crippen molar-refractivity contribution in [2.24, 2.45) is 4.99 Å². The molecule has 1 saturated heterocycles. The Morgan fingerprint density at radius 2 is 2.00 bits per heavy atom. The number of likely N-dealkylation sites (N-methyl/N-ethyl adjacent to an activating group) is 1. The Labute approximate surface area is 145 Å². The van der Waals surface area contributed by atoms with Crippen LogP contribution in [0.15, 0.2) is 33.7 Å². The van der Waals surface area contributed by atoms with Crippen LogP contribution in [-0.4, -0.2) is 34.6 Å². The highest BCUT2D eigenvalue weighted by molar-refractivity contribution is 6.18. The molecular weight excluding hydrogens is 320 g/mol. The van der Waals surface area contributed by atoms with Crippen LogP contribution in [0.5, 0.6) is 0 Å². The van der Waals surface area contributed by atoms with E-state index in [9.17, 15) is 9.59 Å². The smallest absolute Gasteiger partial charge is 0.389 e. The van der Waals surface area contributed by atoms with E-state index in [1.165, 1.54) is 9.80 Å².